The van der Waals surface area contributed by atoms with Gasteiger partial charge in [-0.25, -0.2) is 0 Å². The molecule has 140 valence electrons. The number of nitrogens with zero attached hydrogens (tertiary/aromatic N) is 2. The molecule has 0 atom stereocenters. The van der Waals surface area contributed by atoms with Crippen LogP contribution in [0.1, 0.15) is 52.9 Å². The SMILES string of the molecule is CCNC(=NCC1(C(=O)N(C)C)CCCC1)NCCCOC(C)C. The van der Waals surface area contributed by atoms with E-state index in [1.165, 1.54) is 0 Å². The quantitative estimate of drug-likeness (QED) is 0.383. The number of amides is 1. The molecule has 0 aromatic heterocycles. The Hall–Kier alpha value is -1.30. The van der Waals surface area contributed by atoms with Gasteiger partial charge in [-0.05, 0) is 40.0 Å². The van der Waals surface area contributed by atoms with Gasteiger partial charge in [0, 0.05) is 33.8 Å². The first-order valence-electron chi connectivity index (χ1n) is 9.27. The molecule has 0 aromatic rings. The highest BCUT2D eigenvalue weighted by Gasteiger charge is 2.41. The van der Waals surface area contributed by atoms with Crippen LogP contribution in [0.5, 0.6) is 0 Å². The molecule has 24 heavy (non-hydrogen) atoms. The third kappa shape index (κ3) is 6.67. The molecule has 1 saturated carbocycles. The zero-order chi connectivity index (χ0) is 18.0. The minimum Gasteiger partial charge on any atom is -0.379 e. The summed E-state index contributed by atoms with van der Waals surface area (Å²) in [5, 5.41) is 6.60. The topological polar surface area (TPSA) is 66.0 Å². The van der Waals surface area contributed by atoms with Gasteiger partial charge in [-0.2, -0.15) is 0 Å². The molecule has 1 aliphatic rings. The molecule has 0 aromatic carbocycles. The number of nitrogens with one attached hydrogen (secondary N) is 2. The van der Waals surface area contributed by atoms with Gasteiger partial charge in [0.05, 0.1) is 18.1 Å². The molecular formula is C18H36N4O2. The first-order valence-corrected chi connectivity index (χ1v) is 9.27. The van der Waals surface area contributed by atoms with Crippen LogP contribution in [0.3, 0.4) is 0 Å². The van der Waals surface area contributed by atoms with Crippen molar-refractivity contribution in [2.24, 2.45) is 10.4 Å². The fourth-order valence-electron chi connectivity index (χ4n) is 3.14. The minimum absolute atomic E-state index is 0.213. The van der Waals surface area contributed by atoms with Crippen molar-refractivity contribution in [1.82, 2.24) is 15.5 Å². The number of ether oxygens (including phenoxy) is 1. The zero-order valence-electron chi connectivity index (χ0n) is 16.2. The monoisotopic (exact) mass is 340 g/mol. The lowest BCUT2D eigenvalue weighted by Gasteiger charge is -2.29. The molecule has 1 rings (SSSR count). The van der Waals surface area contributed by atoms with E-state index in [1.807, 2.05) is 27.9 Å². The molecule has 2 N–H and O–H groups in total. The highest BCUT2D eigenvalue weighted by molar-refractivity contribution is 5.84. The summed E-state index contributed by atoms with van der Waals surface area (Å²) >= 11 is 0. The molecule has 1 amide bonds. The Bertz CT molecular complexity index is 402. The average Bonchev–Trinajstić information content (AvgIpc) is 3.01. The second kappa shape index (κ2) is 10.5. The number of hydrogen-bond acceptors (Lipinski definition) is 3. The summed E-state index contributed by atoms with van der Waals surface area (Å²) in [6, 6.07) is 0. The van der Waals surface area contributed by atoms with Crippen LogP contribution in [0.15, 0.2) is 4.99 Å². The lowest BCUT2D eigenvalue weighted by Crippen LogP contribution is -2.43. The van der Waals surface area contributed by atoms with Crippen LogP contribution >= 0.6 is 0 Å². The van der Waals surface area contributed by atoms with Crippen molar-refractivity contribution in [1.29, 1.82) is 0 Å². The Kier molecular flexibility index (Phi) is 9.11. The van der Waals surface area contributed by atoms with Crippen LogP contribution in [-0.2, 0) is 9.53 Å². The maximum Gasteiger partial charge on any atom is 0.230 e. The van der Waals surface area contributed by atoms with Crippen LogP contribution in [0.25, 0.3) is 0 Å². The van der Waals surface area contributed by atoms with E-state index >= 15 is 0 Å². The number of guanidine groups is 1. The van der Waals surface area contributed by atoms with E-state index in [1.54, 1.807) is 4.90 Å². The Balaban J connectivity index is 2.57. The normalized spacial score (nSPS) is 17.2. The van der Waals surface area contributed by atoms with E-state index < -0.39 is 0 Å². The Morgan fingerprint density at radius 2 is 1.92 bits per heavy atom. The van der Waals surface area contributed by atoms with E-state index in [0.717, 1.165) is 57.8 Å². The van der Waals surface area contributed by atoms with Gasteiger partial charge in [0.2, 0.25) is 5.91 Å². The molecule has 1 fully saturated rings. The van der Waals surface area contributed by atoms with Crippen molar-refractivity contribution in [3.63, 3.8) is 0 Å². The third-order valence-corrected chi connectivity index (χ3v) is 4.37. The number of carbonyl (C=O) groups excluding carboxylic acids is 1. The van der Waals surface area contributed by atoms with Crippen molar-refractivity contribution >= 4 is 11.9 Å². The highest BCUT2D eigenvalue weighted by atomic mass is 16.5. The highest BCUT2D eigenvalue weighted by Crippen LogP contribution is 2.39. The van der Waals surface area contributed by atoms with Crippen LogP contribution < -0.4 is 10.6 Å². The Morgan fingerprint density at radius 3 is 2.46 bits per heavy atom. The smallest absolute Gasteiger partial charge is 0.230 e. The van der Waals surface area contributed by atoms with E-state index in [0.29, 0.717) is 6.54 Å². The molecule has 0 radical (unpaired) electrons. The molecule has 6 heteroatoms. The van der Waals surface area contributed by atoms with Gasteiger partial charge in [-0.3, -0.25) is 9.79 Å². The predicted molar refractivity (Wildman–Crippen MR) is 99.3 cm³/mol. The number of rotatable bonds is 9. The van der Waals surface area contributed by atoms with E-state index in [4.69, 9.17) is 9.73 Å². The molecular weight excluding hydrogens is 304 g/mol. The van der Waals surface area contributed by atoms with Crippen LogP contribution in [-0.4, -0.2) is 63.2 Å². The summed E-state index contributed by atoms with van der Waals surface area (Å²) in [7, 11) is 3.68. The van der Waals surface area contributed by atoms with Crippen LogP contribution in [0, 0.1) is 5.41 Å². The molecule has 0 spiro atoms. The van der Waals surface area contributed by atoms with Gasteiger partial charge in [0.1, 0.15) is 0 Å². The summed E-state index contributed by atoms with van der Waals surface area (Å²) in [5.74, 6) is 1.00. The van der Waals surface area contributed by atoms with Crippen LogP contribution in [0.4, 0.5) is 0 Å². The van der Waals surface area contributed by atoms with Crippen molar-refractivity contribution in [2.45, 2.75) is 59.0 Å². The molecule has 0 aliphatic heterocycles. The maximum atomic E-state index is 12.6. The lowest BCUT2D eigenvalue weighted by molar-refractivity contribution is -0.138. The number of aliphatic imine (C=N–C) groups is 1. The fraction of sp³-hybridized carbons (Fsp3) is 0.889. The molecule has 1 aliphatic carbocycles. The Morgan fingerprint density at radius 1 is 1.25 bits per heavy atom. The summed E-state index contributed by atoms with van der Waals surface area (Å²) in [6.07, 6.45) is 5.32. The predicted octanol–water partition coefficient (Wildman–Crippen LogP) is 2.01. The first kappa shape index (κ1) is 20.7. The van der Waals surface area contributed by atoms with Gasteiger partial charge in [-0.15, -0.1) is 0 Å². The van der Waals surface area contributed by atoms with Crippen molar-refractivity contribution in [2.75, 3.05) is 40.3 Å². The lowest BCUT2D eigenvalue weighted by atomic mass is 9.85. The number of carbonyl (C=O) groups is 1. The maximum absolute atomic E-state index is 12.6. The van der Waals surface area contributed by atoms with Gasteiger partial charge >= 0.3 is 0 Å². The van der Waals surface area contributed by atoms with Gasteiger partial charge < -0.3 is 20.3 Å². The minimum atomic E-state index is -0.313. The molecule has 0 unspecified atom stereocenters. The molecule has 0 saturated heterocycles. The molecule has 0 heterocycles. The van der Waals surface area contributed by atoms with E-state index in [-0.39, 0.29) is 17.4 Å². The van der Waals surface area contributed by atoms with Gasteiger partial charge in [-0.1, -0.05) is 12.8 Å². The van der Waals surface area contributed by atoms with Gasteiger partial charge in [0.15, 0.2) is 5.96 Å². The van der Waals surface area contributed by atoms with Crippen molar-refractivity contribution < 1.29 is 9.53 Å². The third-order valence-electron chi connectivity index (χ3n) is 4.37. The van der Waals surface area contributed by atoms with E-state index in [2.05, 4.69) is 17.6 Å². The largest absolute Gasteiger partial charge is 0.379 e. The summed E-state index contributed by atoms with van der Waals surface area (Å²) in [6.45, 7) is 9.06. The standard InChI is InChI=1S/C18H36N4O2/c1-6-19-17(20-12-9-13-24-15(2)3)21-14-18(10-7-8-11-18)16(23)22(4)5/h15H,6-14H2,1-5H3,(H2,19,20,21). The van der Waals surface area contributed by atoms with E-state index in [9.17, 15) is 4.79 Å². The fourth-order valence-corrected chi connectivity index (χ4v) is 3.14. The van der Waals surface area contributed by atoms with Crippen molar-refractivity contribution in [3.8, 4) is 0 Å². The zero-order valence-corrected chi connectivity index (χ0v) is 16.2. The van der Waals surface area contributed by atoms with Crippen molar-refractivity contribution in [3.05, 3.63) is 0 Å². The molecule has 0 bridgehead atoms. The summed E-state index contributed by atoms with van der Waals surface area (Å²) in [5.41, 5.74) is -0.313. The average molecular weight is 341 g/mol. The second-order valence-corrected chi connectivity index (χ2v) is 7.08. The van der Waals surface area contributed by atoms with Gasteiger partial charge in [0.25, 0.3) is 0 Å². The van der Waals surface area contributed by atoms with Crippen LogP contribution in [0.2, 0.25) is 0 Å². The second-order valence-electron chi connectivity index (χ2n) is 7.08. The first-order chi connectivity index (χ1) is 11.4. The number of hydrogen-bond donors (Lipinski definition) is 2. The Labute approximate surface area is 147 Å². The summed E-state index contributed by atoms with van der Waals surface area (Å²) < 4.78 is 5.55. The molecule has 6 nitrogen and oxygen atoms in total. The summed E-state index contributed by atoms with van der Waals surface area (Å²) in [4.78, 5) is 19.0.